The first-order chi connectivity index (χ1) is 12.6. The molecular weight excluding hydrogens is 348 g/mol. The van der Waals surface area contributed by atoms with Crippen LogP contribution >= 0.6 is 0 Å². The summed E-state index contributed by atoms with van der Waals surface area (Å²) in [5, 5.41) is 36.8. The minimum absolute atomic E-state index is 0.0578. The fourth-order valence-electron chi connectivity index (χ4n) is 2.41. The molecule has 8 N–H and O–H groups in total. The van der Waals surface area contributed by atoms with E-state index in [4.69, 9.17) is 40.6 Å². The Morgan fingerprint density at radius 3 is 1.38 bits per heavy atom. The van der Waals surface area contributed by atoms with E-state index in [0.29, 0.717) is 11.3 Å². The lowest BCUT2D eigenvalue weighted by Gasteiger charge is -2.23. The van der Waals surface area contributed by atoms with Gasteiger partial charge in [0.1, 0.15) is 5.69 Å². The first-order valence-corrected chi connectivity index (χ1v) is 7.38. The van der Waals surface area contributed by atoms with Crippen LogP contribution in [0.5, 0.6) is 23.0 Å². The molecule has 0 aliphatic carbocycles. The standard InChI is InChI=1S/C16H20N2O8/c17-10-3-1-9(2-4-10)11-13(23-5-19)15(25-7-21)12(18)16(26-8-22)14(11)24-6-20/h1-4,19-22H,5-8,17-18H2. The van der Waals surface area contributed by atoms with Gasteiger partial charge in [-0.2, -0.15) is 0 Å². The number of nitrogens with two attached hydrogens (primary N) is 2. The Balaban J connectivity index is 2.87. The van der Waals surface area contributed by atoms with Crippen LogP contribution in [-0.4, -0.2) is 47.6 Å². The van der Waals surface area contributed by atoms with E-state index in [1.165, 1.54) is 0 Å². The van der Waals surface area contributed by atoms with Crippen LogP contribution in [-0.2, 0) is 0 Å². The number of aliphatic hydroxyl groups excluding tert-OH is 4. The molecule has 0 aliphatic rings. The minimum atomic E-state index is -0.744. The van der Waals surface area contributed by atoms with Crippen LogP contribution in [0, 0.1) is 0 Å². The second-order valence-electron chi connectivity index (χ2n) is 4.82. The van der Waals surface area contributed by atoms with E-state index in [1.807, 2.05) is 0 Å². The van der Waals surface area contributed by atoms with Crippen molar-refractivity contribution in [2.75, 3.05) is 38.6 Å². The number of nitrogen functional groups attached to an aromatic ring is 2. The molecule has 0 heterocycles. The molecule has 0 unspecified atom stereocenters. The van der Waals surface area contributed by atoms with Crippen molar-refractivity contribution in [1.29, 1.82) is 0 Å². The van der Waals surface area contributed by atoms with Gasteiger partial charge in [-0.25, -0.2) is 0 Å². The van der Waals surface area contributed by atoms with E-state index < -0.39 is 27.2 Å². The smallest absolute Gasteiger partial charge is 0.192 e. The molecule has 0 saturated carbocycles. The predicted octanol–water partition coefficient (Wildman–Crippen LogP) is -0.168. The zero-order valence-corrected chi connectivity index (χ0v) is 13.7. The van der Waals surface area contributed by atoms with Crippen LogP contribution in [0.25, 0.3) is 11.1 Å². The van der Waals surface area contributed by atoms with Crippen LogP contribution in [0.3, 0.4) is 0 Å². The first-order valence-electron chi connectivity index (χ1n) is 7.38. The van der Waals surface area contributed by atoms with Gasteiger partial charge in [-0.1, -0.05) is 12.1 Å². The Labute approximate surface area is 148 Å². The summed E-state index contributed by atoms with van der Waals surface area (Å²) in [4.78, 5) is 0. The highest BCUT2D eigenvalue weighted by molar-refractivity contribution is 5.90. The fourth-order valence-corrected chi connectivity index (χ4v) is 2.41. The predicted molar refractivity (Wildman–Crippen MR) is 91.6 cm³/mol. The van der Waals surface area contributed by atoms with E-state index in [9.17, 15) is 10.2 Å². The van der Waals surface area contributed by atoms with Crippen molar-refractivity contribution >= 4 is 11.4 Å². The molecule has 0 aromatic heterocycles. The lowest BCUT2D eigenvalue weighted by Crippen LogP contribution is -2.11. The van der Waals surface area contributed by atoms with Crippen molar-refractivity contribution < 1.29 is 39.4 Å². The van der Waals surface area contributed by atoms with Crippen molar-refractivity contribution in [2.45, 2.75) is 0 Å². The molecule has 0 bridgehead atoms. The van der Waals surface area contributed by atoms with Crippen molar-refractivity contribution in [3.63, 3.8) is 0 Å². The average Bonchev–Trinajstić information content (AvgIpc) is 2.63. The second kappa shape index (κ2) is 8.97. The van der Waals surface area contributed by atoms with Crippen molar-refractivity contribution in [3.05, 3.63) is 24.3 Å². The van der Waals surface area contributed by atoms with Crippen LogP contribution in [0.1, 0.15) is 0 Å². The normalized spacial score (nSPS) is 10.5. The topological polar surface area (TPSA) is 170 Å². The maximum atomic E-state index is 9.25. The second-order valence-corrected chi connectivity index (χ2v) is 4.82. The summed E-state index contributed by atoms with van der Waals surface area (Å²) in [6.07, 6.45) is 0. The van der Waals surface area contributed by atoms with Gasteiger partial charge < -0.3 is 50.8 Å². The van der Waals surface area contributed by atoms with Gasteiger partial charge in [0.15, 0.2) is 50.2 Å². The molecular formula is C16H20N2O8. The van der Waals surface area contributed by atoms with E-state index in [1.54, 1.807) is 24.3 Å². The summed E-state index contributed by atoms with van der Waals surface area (Å²) in [5.74, 6) is -0.389. The van der Waals surface area contributed by atoms with Gasteiger partial charge in [-0.05, 0) is 17.7 Å². The van der Waals surface area contributed by atoms with Crippen LogP contribution in [0.2, 0.25) is 0 Å². The lowest BCUT2D eigenvalue weighted by molar-refractivity contribution is 0.0665. The average molecular weight is 368 g/mol. The third-order valence-corrected chi connectivity index (χ3v) is 3.39. The maximum Gasteiger partial charge on any atom is 0.192 e. The minimum Gasteiger partial charge on any atom is -0.463 e. The van der Waals surface area contributed by atoms with Gasteiger partial charge in [0, 0.05) is 5.69 Å². The molecule has 10 heteroatoms. The van der Waals surface area contributed by atoms with Crippen LogP contribution < -0.4 is 30.4 Å². The maximum absolute atomic E-state index is 9.25. The number of ether oxygens (including phenoxy) is 4. The van der Waals surface area contributed by atoms with Crippen molar-refractivity contribution in [1.82, 2.24) is 0 Å². The molecule has 0 saturated heterocycles. The number of rotatable bonds is 9. The number of hydrogen-bond acceptors (Lipinski definition) is 10. The Morgan fingerprint density at radius 1 is 0.615 bits per heavy atom. The first kappa shape index (κ1) is 19.4. The Bertz CT molecular complexity index is 699. The summed E-state index contributed by atoms with van der Waals surface area (Å²) in [5.41, 5.74) is 12.7. The highest BCUT2D eigenvalue weighted by Crippen LogP contribution is 2.55. The van der Waals surface area contributed by atoms with Gasteiger partial charge in [0.05, 0.1) is 5.56 Å². The monoisotopic (exact) mass is 368 g/mol. The molecule has 0 atom stereocenters. The van der Waals surface area contributed by atoms with Gasteiger partial charge in [-0.3, -0.25) is 0 Å². The highest BCUT2D eigenvalue weighted by atomic mass is 16.6. The van der Waals surface area contributed by atoms with Gasteiger partial charge in [0.2, 0.25) is 0 Å². The third-order valence-electron chi connectivity index (χ3n) is 3.39. The number of anilines is 2. The molecule has 2 rings (SSSR count). The third kappa shape index (κ3) is 3.83. The Morgan fingerprint density at radius 2 is 1.00 bits per heavy atom. The Kier molecular flexibility index (Phi) is 6.69. The highest BCUT2D eigenvalue weighted by Gasteiger charge is 2.28. The number of hydrogen-bond donors (Lipinski definition) is 6. The molecule has 142 valence electrons. The summed E-state index contributed by atoms with van der Waals surface area (Å²) >= 11 is 0. The summed E-state index contributed by atoms with van der Waals surface area (Å²) in [7, 11) is 0. The largest absolute Gasteiger partial charge is 0.463 e. The Hall–Kier alpha value is -2.92. The van der Waals surface area contributed by atoms with Crippen LogP contribution in [0.4, 0.5) is 11.4 Å². The van der Waals surface area contributed by atoms with E-state index in [2.05, 4.69) is 0 Å². The van der Waals surface area contributed by atoms with E-state index >= 15 is 0 Å². The number of benzene rings is 2. The summed E-state index contributed by atoms with van der Waals surface area (Å²) < 4.78 is 20.7. The molecule has 2 aromatic carbocycles. The van der Waals surface area contributed by atoms with Gasteiger partial charge in [-0.15, -0.1) is 0 Å². The van der Waals surface area contributed by atoms with Crippen LogP contribution in [0.15, 0.2) is 24.3 Å². The zero-order chi connectivity index (χ0) is 19.1. The lowest BCUT2D eigenvalue weighted by atomic mass is 10.0. The molecule has 0 aliphatic heterocycles. The molecule has 0 radical (unpaired) electrons. The van der Waals surface area contributed by atoms with E-state index in [0.717, 1.165) is 0 Å². The zero-order valence-electron chi connectivity index (χ0n) is 13.7. The molecule has 0 fully saturated rings. The van der Waals surface area contributed by atoms with Gasteiger partial charge in [0.25, 0.3) is 0 Å². The SMILES string of the molecule is Nc1ccc(-c2c(OCO)c(OCO)c(N)c(OCO)c2OCO)cc1. The fraction of sp³-hybridized carbons (Fsp3) is 0.250. The molecule has 2 aromatic rings. The molecule has 10 nitrogen and oxygen atoms in total. The summed E-state index contributed by atoms with van der Waals surface area (Å²) in [6.45, 7) is -2.96. The van der Waals surface area contributed by atoms with Gasteiger partial charge >= 0.3 is 0 Å². The van der Waals surface area contributed by atoms with E-state index in [-0.39, 0.29) is 34.2 Å². The molecule has 0 spiro atoms. The molecule has 26 heavy (non-hydrogen) atoms. The quantitative estimate of drug-likeness (QED) is 0.258. The summed E-state index contributed by atoms with van der Waals surface area (Å²) in [6, 6.07) is 6.47. The van der Waals surface area contributed by atoms with Crippen molar-refractivity contribution in [3.8, 4) is 34.1 Å². The van der Waals surface area contributed by atoms with Crippen molar-refractivity contribution in [2.24, 2.45) is 0 Å². The molecule has 0 amide bonds. The number of aliphatic hydroxyl groups is 4.